The summed E-state index contributed by atoms with van der Waals surface area (Å²) in [6.45, 7) is 2.09. The standard InChI is InChI=1S/C27H28F3N3O3/c1-14-8-15(9-22(31)27(14)36-3)18-6-7-32-13-16(18)10-24(34)23-5-4-19(28)26(33-23)25-20(29)11-17(35-2)12-21(25)30/h4-7,11-15,22,27H,8-10,31H2,1-3H3/t14-,15+,22+,27+/m0/s1. The summed E-state index contributed by atoms with van der Waals surface area (Å²) in [5.74, 6) is -3.18. The van der Waals surface area contributed by atoms with E-state index in [-0.39, 0.29) is 41.8 Å². The number of Topliss-reactive ketones (excluding diaryl/α,β-unsaturated/α-hetero) is 1. The number of carbonyl (C=O) groups is 1. The molecule has 6 nitrogen and oxygen atoms in total. The van der Waals surface area contributed by atoms with Crippen LogP contribution in [-0.4, -0.2) is 42.1 Å². The zero-order chi connectivity index (χ0) is 26.0. The lowest BCUT2D eigenvalue weighted by atomic mass is 9.73. The highest BCUT2D eigenvalue weighted by atomic mass is 19.1. The molecule has 9 heteroatoms. The van der Waals surface area contributed by atoms with Crippen LogP contribution >= 0.6 is 0 Å². The molecule has 2 heterocycles. The van der Waals surface area contributed by atoms with Crippen LogP contribution in [0.4, 0.5) is 13.2 Å². The summed E-state index contributed by atoms with van der Waals surface area (Å²) in [6, 6.07) is 5.79. The number of carbonyl (C=O) groups excluding carboxylic acids is 1. The highest BCUT2D eigenvalue weighted by Gasteiger charge is 2.35. The van der Waals surface area contributed by atoms with Crippen molar-refractivity contribution in [2.75, 3.05) is 14.2 Å². The molecule has 0 radical (unpaired) electrons. The number of ether oxygens (including phenoxy) is 2. The number of nitrogens with two attached hydrogens (primary N) is 1. The summed E-state index contributed by atoms with van der Waals surface area (Å²) in [5, 5.41) is 0. The zero-order valence-electron chi connectivity index (χ0n) is 20.3. The van der Waals surface area contributed by atoms with E-state index >= 15 is 0 Å². The van der Waals surface area contributed by atoms with Gasteiger partial charge in [0.1, 0.15) is 34.6 Å². The lowest BCUT2D eigenvalue weighted by Crippen LogP contribution is -2.45. The second-order valence-corrected chi connectivity index (χ2v) is 9.18. The normalized spacial score (nSPS) is 21.9. The molecule has 0 spiro atoms. The quantitative estimate of drug-likeness (QED) is 0.468. The molecule has 4 atom stereocenters. The minimum Gasteiger partial charge on any atom is -0.497 e. The van der Waals surface area contributed by atoms with E-state index in [9.17, 15) is 18.0 Å². The third kappa shape index (κ3) is 5.12. The highest BCUT2D eigenvalue weighted by molar-refractivity contribution is 5.96. The average molecular weight is 500 g/mol. The maximum absolute atomic E-state index is 14.6. The van der Waals surface area contributed by atoms with E-state index in [1.807, 2.05) is 6.07 Å². The Labute approximate surface area is 207 Å². The predicted molar refractivity (Wildman–Crippen MR) is 128 cm³/mol. The Hall–Kier alpha value is -3.30. The molecule has 4 rings (SSSR count). The molecule has 1 aliphatic rings. The lowest BCUT2D eigenvalue weighted by molar-refractivity contribution is 0.00970. The van der Waals surface area contributed by atoms with E-state index < -0.39 is 34.5 Å². The van der Waals surface area contributed by atoms with E-state index in [0.29, 0.717) is 12.0 Å². The molecule has 0 unspecified atom stereocenters. The number of rotatable bonds is 7. The van der Waals surface area contributed by atoms with E-state index in [4.69, 9.17) is 15.2 Å². The molecule has 1 fully saturated rings. The maximum Gasteiger partial charge on any atom is 0.185 e. The van der Waals surface area contributed by atoms with Gasteiger partial charge in [-0.15, -0.1) is 0 Å². The van der Waals surface area contributed by atoms with Gasteiger partial charge in [0.15, 0.2) is 5.78 Å². The van der Waals surface area contributed by atoms with Crippen LogP contribution in [0.15, 0.2) is 42.7 Å². The smallest absolute Gasteiger partial charge is 0.185 e. The molecule has 2 N–H and O–H groups in total. The van der Waals surface area contributed by atoms with Crippen molar-refractivity contribution in [1.29, 1.82) is 0 Å². The molecule has 0 bridgehead atoms. The molecule has 190 valence electrons. The monoisotopic (exact) mass is 499 g/mol. The summed E-state index contributed by atoms with van der Waals surface area (Å²) >= 11 is 0. The van der Waals surface area contributed by atoms with Crippen LogP contribution in [0.5, 0.6) is 5.75 Å². The summed E-state index contributed by atoms with van der Waals surface area (Å²) in [4.78, 5) is 21.4. The third-order valence-corrected chi connectivity index (χ3v) is 6.82. The van der Waals surface area contributed by atoms with Crippen LogP contribution in [0.25, 0.3) is 11.3 Å². The molecule has 0 amide bonds. The first kappa shape index (κ1) is 25.8. The van der Waals surface area contributed by atoms with Gasteiger partial charge in [0.2, 0.25) is 0 Å². The van der Waals surface area contributed by atoms with Crippen LogP contribution in [0.1, 0.15) is 47.3 Å². The van der Waals surface area contributed by atoms with Gasteiger partial charge in [0, 0.05) is 44.1 Å². The Morgan fingerprint density at radius 2 is 1.81 bits per heavy atom. The van der Waals surface area contributed by atoms with Crippen molar-refractivity contribution in [1.82, 2.24) is 9.97 Å². The van der Waals surface area contributed by atoms with E-state index in [0.717, 1.165) is 30.2 Å². The van der Waals surface area contributed by atoms with Gasteiger partial charge in [-0.05, 0) is 54.0 Å². The van der Waals surface area contributed by atoms with Gasteiger partial charge in [0.25, 0.3) is 0 Å². The summed E-state index contributed by atoms with van der Waals surface area (Å²) in [7, 11) is 2.92. The van der Waals surface area contributed by atoms with Crippen LogP contribution in [0.2, 0.25) is 0 Å². The Balaban J connectivity index is 1.62. The summed E-state index contributed by atoms with van der Waals surface area (Å²) < 4.78 is 54.1. The number of benzene rings is 1. The van der Waals surface area contributed by atoms with Gasteiger partial charge in [-0.3, -0.25) is 9.78 Å². The Morgan fingerprint density at radius 1 is 1.08 bits per heavy atom. The SMILES string of the molecule is COc1cc(F)c(-c2nc(C(=O)Cc3cnccc3[C@H]3C[C@@H](N)[C@H](OC)[C@@H](C)C3)ccc2F)c(F)c1. The first-order valence-electron chi connectivity index (χ1n) is 11.7. The number of hydrogen-bond acceptors (Lipinski definition) is 6. The van der Waals surface area contributed by atoms with Crippen molar-refractivity contribution in [3.63, 3.8) is 0 Å². The minimum absolute atomic E-state index is 0.0336. The van der Waals surface area contributed by atoms with Crippen LogP contribution < -0.4 is 10.5 Å². The average Bonchev–Trinajstić information content (AvgIpc) is 2.84. The summed E-state index contributed by atoms with van der Waals surface area (Å²) in [5.41, 5.74) is 6.67. The number of aromatic nitrogens is 2. The fourth-order valence-corrected chi connectivity index (χ4v) is 5.14. The largest absolute Gasteiger partial charge is 0.497 e. The topological polar surface area (TPSA) is 87.3 Å². The fourth-order valence-electron chi connectivity index (χ4n) is 5.14. The van der Waals surface area contributed by atoms with Gasteiger partial charge in [-0.25, -0.2) is 18.2 Å². The van der Waals surface area contributed by atoms with E-state index in [1.165, 1.54) is 13.2 Å². The van der Waals surface area contributed by atoms with Gasteiger partial charge >= 0.3 is 0 Å². The highest BCUT2D eigenvalue weighted by Crippen LogP contribution is 2.38. The van der Waals surface area contributed by atoms with Crippen molar-refractivity contribution in [3.8, 4) is 17.0 Å². The van der Waals surface area contributed by atoms with Gasteiger partial charge in [-0.1, -0.05) is 6.92 Å². The van der Waals surface area contributed by atoms with Crippen molar-refractivity contribution >= 4 is 5.78 Å². The van der Waals surface area contributed by atoms with Crippen molar-refractivity contribution in [2.24, 2.45) is 11.7 Å². The van der Waals surface area contributed by atoms with Crippen molar-refractivity contribution in [2.45, 2.75) is 44.2 Å². The molecule has 0 aliphatic heterocycles. The van der Waals surface area contributed by atoms with Crippen LogP contribution in [0.3, 0.4) is 0 Å². The number of halogens is 3. The first-order chi connectivity index (χ1) is 17.2. The third-order valence-electron chi connectivity index (χ3n) is 6.82. The van der Waals surface area contributed by atoms with Crippen LogP contribution in [0, 0.1) is 23.4 Å². The molecular formula is C27H28F3N3O3. The van der Waals surface area contributed by atoms with Gasteiger partial charge in [-0.2, -0.15) is 0 Å². The molecule has 2 aromatic heterocycles. The second-order valence-electron chi connectivity index (χ2n) is 9.18. The number of pyridine rings is 2. The van der Waals surface area contributed by atoms with Gasteiger partial charge < -0.3 is 15.2 Å². The predicted octanol–water partition coefficient (Wildman–Crippen LogP) is 4.85. The maximum atomic E-state index is 14.6. The van der Waals surface area contributed by atoms with Crippen LogP contribution in [-0.2, 0) is 11.2 Å². The number of methoxy groups -OCH3 is 2. The molecule has 0 saturated heterocycles. The molecular weight excluding hydrogens is 471 g/mol. The number of nitrogens with zero attached hydrogens (tertiary/aromatic N) is 2. The molecule has 1 aromatic carbocycles. The van der Waals surface area contributed by atoms with Crippen molar-refractivity contribution < 1.29 is 27.4 Å². The minimum atomic E-state index is -1.05. The van der Waals surface area contributed by atoms with E-state index in [2.05, 4.69) is 16.9 Å². The second kappa shape index (κ2) is 10.8. The lowest BCUT2D eigenvalue weighted by Gasteiger charge is -2.38. The Morgan fingerprint density at radius 3 is 2.44 bits per heavy atom. The molecule has 1 saturated carbocycles. The molecule has 36 heavy (non-hydrogen) atoms. The molecule has 1 aliphatic carbocycles. The fraction of sp³-hybridized carbons (Fsp3) is 0.370. The number of ketones is 1. The molecule has 3 aromatic rings. The zero-order valence-corrected chi connectivity index (χ0v) is 20.3. The van der Waals surface area contributed by atoms with Crippen molar-refractivity contribution in [3.05, 3.63) is 77.0 Å². The Bertz CT molecular complexity index is 1240. The van der Waals surface area contributed by atoms with E-state index in [1.54, 1.807) is 19.5 Å². The Kier molecular flexibility index (Phi) is 7.70. The first-order valence-corrected chi connectivity index (χ1v) is 11.7. The van der Waals surface area contributed by atoms with Gasteiger partial charge in [0.05, 0.1) is 18.8 Å². The number of hydrogen-bond donors (Lipinski definition) is 1. The summed E-state index contributed by atoms with van der Waals surface area (Å²) in [6.07, 6.45) is 4.75.